The lowest BCUT2D eigenvalue weighted by Gasteiger charge is -2.55. The monoisotopic (exact) mass is 479 g/mol. The van der Waals surface area contributed by atoms with Crippen molar-refractivity contribution in [3.63, 3.8) is 0 Å². The van der Waals surface area contributed by atoms with Crippen LogP contribution in [-0.4, -0.2) is 54.0 Å². The minimum Gasteiger partial charge on any atom is -0.484 e. The zero-order valence-corrected chi connectivity index (χ0v) is 19.5. The van der Waals surface area contributed by atoms with Crippen LogP contribution in [-0.2, 0) is 9.59 Å². The standard InChI is InChI=1S/C24H31ClFN3O4/c1-15-2-3-16(27-12-15)13-28-22(32)24-8-6-23(7-9-24,11-20(24)30)29-21(31)14-33-17-4-5-18(25)19(26)10-17/h4-5,10,12,15-16,20,30H,2-3,6-9,11,13-14H2,1H3,(H,28,32)(H,29,31). The normalized spacial score (nSPS) is 32.9. The third-order valence-corrected chi connectivity index (χ3v) is 7.75. The molecule has 0 spiro atoms. The number of aliphatic imine (C=N–C) groups is 1. The van der Waals surface area contributed by atoms with Crippen molar-refractivity contribution in [2.45, 2.75) is 69.6 Å². The van der Waals surface area contributed by atoms with Crippen molar-refractivity contribution in [2.75, 3.05) is 13.2 Å². The Bertz CT molecular complexity index is 932. The molecule has 3 saturated carbocycles. The average molecular weight is 480 g/mol. The van der Waals surface area contributed by atoms with Crippen LogP contribution in [0.15, 0.2) is 23.2 Å². The van der Waals surface area contributed by atoms with Crippen LogP contribution in [0.25, 0.3) is 0 Å². The molecule has 3 atom stereocenters. The van der Waals surface area contributed by atoms with Gasteiger partial charge in [-0.15, -0.1) is 0 Å². The van der Waals surface area contributed by atoms with E-state index in [1.54, 1.807) is 0 Å². The van der Waals surface area contributed by atoms with E-state index in [4.69, 9.17) is 16.3 Å². The van der Waals surface area contributed by atoms with Gasteiger partial charge in [-0.2, -0.15) is 0 Å². The van der Waals surface area contributed by atoms with E-state index in [1.165, 1.54) is 12.1 Å². The number of amides is 2. The lowest BCUT2D eigenvalue weighted by atomic mass is 9.55. The zero-order valence-electron chi connectivity index (χ0n) is 18.8. The van der Waals surface area contributed by atoms with Gasteiger partial charge in [0, 0.05) is 24.4 Å². The number of carbonyl (C=O) groups excluding carboxylic acids is 2. The molecule has 1 aliphatic heterocycles. The number of benzene rings is 1. The first-order chi connectivity index (χ1) is 15.7. The number of nitrogens with one attached hydrogen (secondary N) is 2. The number of hydrogen-bond acceptors (Lipinski definition) is 5. The first kappa shape index (κ1) is 24.0. The molecule has 0 aromatic heterocycles. The summed E-state index contributed by atoms with van der Waals surface area (Å²) in [6.45, 7) is 2.35. The molecule has 2 amide bonds. The maximum absolute atomic E-state index is 13.5. The van der Waals surface area contributed by atoms with Gasteiger partial charge in [0.05, 0.1) is 22.6 Å². The van der Waals surface area contributed by atoms with E-state index in [0.29, 0.717) is 44.6 Å². The third-order valence-electron chi connectivity index (χ3n) is 7.44. The van der Waals surface area contributed by atoms with Gasteiger partial charge in [-0.1, -0.05) is 18.5 Å². The SMILES string of the molecule is CC1C=NC(CNC(=O)C23CCC(NC(=O)COc4ccc(Cl)c(F)c4)(CC2)CC3O)CC1. The van der Waals surface area contributed by atoms with Crippen molar-refractivity contribution in [3.8, 4) is 5.75 Å². The molecule has 5 rings (SSSR count). The Morgan fingerprint density at radius 1 is 1.27 bits per heavy atom. The molecule has 9 heteroatoms. The molecule has 2 bridgehead atoms. The molecule has 33 heavy (non-hydrogen) atoms. The van der Waals surface area contributed by atoms with Crippen LogP contribution in [0.4, 0.5) is 4.39 Å². The zero-order chi connectivity index (χ0) is 23.6. The maximum Gasteiger partial charge on any atom is 0.258 e. The van der Waals surface area contributed by atoms with Crippen LogP contribution in [0.1, 0.15) is 51.9 Å². The molecule has 4 aliphatic rings. The van der Waals surface area contributed by atoms with E-state index in [0.717, 1.165) is 18.9 Å². The fraction of sp³-hybridized carbons (Fsp3) is 0.625. The summed E-state index contributed by atoms with van der Waals surface area (Å²) in [5.41, 5.74) is -1.37. The summed E-state index contributed by atoms with van der Waals surface area (Å²) in [7, 11) is 0. The molecular formula is C24H31ClFN3O4. The largest absolute Gasteiger partial charge is 0.484 e. The number of nitrogens with zero attached hydrogens (tertiary/aromatic N) is 1. The summed E-state index contributed by atoms with van der Waals surface area (Å²) < 4.78 is 18.9. The number of fused-ring (bicyclic) bond motifs is 3. The highest BCUT2D eigenvalue weighted by molar-refractivity contribution is 6.30. The van der Waals surface area contributed by atoms with Gasteiger partial charge in [0.15, 0.2) is 6.61 Å². The van der Waals surface area contributed by atoms with E-state index >= 15 is 0 Å². The van der Waals surface area contributed by atoms with Crippen molar-refractivity contribution < 1.29 is 23.8 Å². The summed E-state index contributed by atoms with van der Waals surface area (Å²) >= 11 is 5.66. The van der Waals surface area contributed by atoms with Gasteiger partial charge in [0.1, 0.15) is 11.6 Å². The lowest BCUT2D eigenvalue weighted by Crippen LogP contribution is -2.66. The fourth-order valence-electron chi connectivity index (χ4n) is 5.29. The van der Waals surface area contributed by atoms with Crippen LogP contribution in [0.2, 0.25) is 5.02 Å². The van der Waals surface area contributed by atoms with E-state index < -0.39 is 22.9 Å². The third kappa shape index (κ3) is 5.17. The molecular weight excluding hydrogens is 449 g/mol. The van der Waals surface area contributed by atoms with Crippen molar-refractivity contribution >= 4 is 29.6 Å². The smallest absolute Gasteiger partial charge is 0.258 e. The summed E-state index contributed by atoms with van der Waals surface area (Å²) in [6.07, 6.45) is 5.70. The number of aliphatic hydroxyl groups is 1. The van der Waals surface area contributed by atoms with Crippen LogP contribution < -0.4 is 15.4 Å². The Labute approximate surface area is 198 Å². The minimum absolute atomic E-state index is 0.0160. The van der Waals surface area contributed by atoms with Crippen LogP contribution >= 0.6 is 11.6 Å². The Morgan fingerprint density at radius 3 is 2.67 bits per heavy atom. The van der Waals surface area contributed by atoms with Crippen LogP contribution in [0.3, 0.4) is 0 Å². The maximum atomic E-state index is 13.5. The number of halogens is 2. The van der Waals surface area contributed by atoms with Crippen molar-refractivity contribution in [3.05, 3.63) is 29.0 Å². The summed E-state index contributed by atoms with van der Waals surface area (Å²) in [5.74, 6) is -0.382. The predicted octanol–water partition coefficient (Wildman–Crippen LogP) is 3.02. The predicted molar refractivity (Wildman–Crippen MR) is 123 cm³/mol. The van der Waals surface area contributed by atoms with Gasteiger partial charge in [0.2, 0.25) is 5.91 Å². The summed E-state index contributed by atoms with van der Waals surface area (Å²) in [5, 5.41) is 16.9. The molecule has 7 nitrogen and oxygen atoms in total. The second kappa shape index (κ2) is 9.58. The molecule has 1 aromatic rings. The second-order valence-corrected chi connectivity index (χ2v) is 10.2. The summed E-state index contributed by atoms with van der Waals surface area (Å²) in [6, 6.07) is 4.09. The van der Waals surface area contributed by atoms with Gasteiger partial charge in [-0.25, -0.2) is 4.39 Å². The highest BCUT2D eigenvalue weighted by Gasteiger charge is 2.58. The first-order valence-corrected chi connectivity index (χ1v) is 12.0. The number of rotatable bonds is 7. The Kier molecular flexibility index (Phi) is 6.96. The van der Waals surface area contributed by atoms with E-state index in [9.17, 15) is 19.1 Å². The topological polar surface area (TPSA) is 100 Å². The highest BCUT2D eigenvalue weighted by Crippen LogP contribution is 2.52. The molecule has 3 unspecified atom stereocenters. The molecule has 0 radical (unpaired) electrons. The van der Waals surface area contributed by atoms with Gasteiger partial charge in [-0.05, 0) is 63.0 Å². The fourth-order valence-corrected chi connectivity index (χ4v) is 5.41. The van der Waals surface area contributed by atoms with Crippen LogP contribution in [0.5, 0.6) is 5.75 Å². The van der Waals surface area contributed by atoms with Gasteiger partial charge < -0.3 is 20.5 Å². The quantitative estimate of drug-likeness (QED) is 0.559. The molecule has 1 aromatic carbocycles. The van der Waals surface area contributed by atoms with Gasteiger partial charge in [-0.3, -0.25) is 14.6 Å². The molecule has 3 aliphatic carbocycles. The number of hydrogen-bond donors (Lipinski definition) is 3. The van der Waals surface area contributed by atoms with E-state index in [2.05, 4.69) is 22.5 Å². The summed E-state index contributed by atoms with van der Waals surface area (Å²) in [4.78, 5) is 30.1. The Hall–Kier alpha value is -2.19. The Morgan fingerprint density at radius 2 is 2.03 bits per heavy atom. The average Bonchev–Trinajstić information content (AvgIpc) is 2.80. The molecule has 180 valence electrons. The number of aliphatic hydroxyl groups excluding tert-OH is 1. The molecule has 3 fully saturated rings. The highest BCUT2D eigenvalue weighted by atomic mass is 35.5. The molecule has 3 N–H and O–H groups in total. The lowest BCUT2D eigenvalue weighted by molar-refractivity contribution is -0.156. The van der Waals surface area contributed by atoms with E-state index in [-0.39, 0.29) is 35.2 Å². The van der Waals surface area contributed by atoms with Crippen molar-refractivity contribution in [1.29, 1.82) is 0 Å². The van der Waals surface area contributed by atoms with Gasteiger partial charge >= 0.3 is 0 Å². The van der Waals surface area contributed by atoms with Gasteiger partial charge in [0.25, 0.3) is 5.91 Å². The van der Waals surface area contributed by atoms with Crippen LogP contribution in [0, 0.1) is 17.2 Å². The number of carbonyl (C=O) groups is 2. The Balaban J connectivity index is 1.29. The minimum atomic E-state index is -0.832. The first-order valence-electron chi connectivity index (χ1n) is 11.6. The van der Waals surface area contributed by atoms with Crippen molar-refractivity contribution in [2.24, 2.45) is 16.3 Å². The van der Waals surface area contributed by atoms with E-state index in [1.807, 2.05) is 6.21 Å². The molecule has 0 saturated heterocycles. The molecule has 1 heterocycles. The second-order valence-electron chi connectivity index (χ2n) is 9.79. The van der Waals surface area contributed by atoms with Crippen molar-refractivity contribution in [1.82, 2.24) is 10.6 Å². The number of ether oxygens (including phenoxy) is 1.